The number of nitrogens with two attached hydrogens (primary N) is 1. The van der Waals surface area contributed by atoms with E-state index in [9.17, 15) is 0 Å². The first kappa shape index (κ1) is 8.33. The molecule has 0 atom stereocenters. The zero-order chi connectivity index (χ0) is 8.43. The molecule has 0 aliphatic heterocycles. The zero-order valence-corrected chi connectivity index (χ0v) is 7.70. The van der Waals surface area contributed by atoms with Crippen LogP contribution in [-0.4, -0.2) is 16.2 Å². The van der Waals surface area contributed by atoms with E-state index < -0.39 is 0 Å². The van der Waals surface area contributed by atoms with Gasteiger partial charge in [0.25, 0.3) is 0 Å². The molecule has 0 aromatic carbocycles. The third-order valence-corrected chi connectivity index (χ3v) is 2.23. The lowest BCUT2D eigenvalue weighted by Gasteiger charge is -2.04. The highest BCUT2D eigenvalue weighted by Crippen LogP contribution is 2.20. The van der Waals surface area contributed by atoms with Gasteiger partial charge in [0.15, 0.2) is 0 Å². The molecule has 1 aromatic heterocycles. The first-order valence-corrected chi connectivity index (χ1v) is 4.52. The molecule has 3 nitrogen and oxygen atoms in total. The molecule has 11 heavy (non-hydrogen) atoms. The maximum absolute atomic E-state index is 5.63. The van der Waals surface area contributed by atoms with Gasteiger partial charge in [0.1, 0.15) is 16.7 Å². The predicted octanol–water partition coefficient (Wildman–Crippen LogP) is 1.40. The van der Waals surface area contributed by atoms with Crippen LogP contribution in [0.1, 0.15) is 11.4 Å². The van der Waals surface area contributed by atoms with Crippen molar-refractivity contribution in [3.8, 4) is 0 Å². The van der Waals surface area contributed by atoms with Crippen LogP contribution in [0.15, 0.2) is 5.03 Å². The summed E-state index contributed by atoms with van der Waals surface area (Å²) in [5, 5.41) is 0.968. The third kappa shape index (κ3) is 1.63. The summed E-state index contributed by atoms with van der Waals surface area (Å²) in [7, 11) is 0. The second-order valence-corrected chi connectivity index (χ2v) is 3.09. The monoisotopic (exact) mass is 169 g/mol. The lowest BCUT2D eigenvalue weighted by atomic mass is 10.3. The number of thioether (sulfide) groups is 1. The maximum Gasteiger partial charge on any atom is 0.131 e. The van der Waals surface area contributed by atoms with Crippen molar-refractivity contribution in [2.45, 2.75) is 18.9 Å². The fourth-order valence-electron chi connectivity index (χ4n) is 0.822. The van der Waals surface area contributed by atoms with Crippen molar-refractivity contribution in [1.82, 2.24) is 9.97 Å². The van der Waals surface area contributed by atoms with Gasteiger partial charge in [0, 0.05) is 5.56 Å². The Labute approximate surface area is 70.4 Å². The quantitative estimate of drug-likeness (QED) is 0.510. The van der Waals surface area contributed by atoms with Gasteiger partial charge in [0.2, 0.25) is 0 Å². The van der Waals surface area contributed by atoms with Crippen LogP contribution in [0.25, 0.3) is 0 Å². The summed E-state index contributed by atoms with van der Waals surface area (Å²) in [4.78, 5) is 8.26. The molecule has 0 amide bonds. The summed E-state index contributed by atoms with van der Waals surface area (Å²) >= 11 is 1.59. The number of aryl methyl sites for hydroxylation is 1. The van der Waals surface area contributed by atoms with Crippen LogP contribution < -0.4 is 5.73 Å². The Hall–Kier alpha value is -0.770. The van der Waals surface area contributed by atoms with Gasteiger partial charge in [-0.1, -0.05) is 0 Å². The Bertz CT molecular complexity index is 273. The van der Waals surface area contributed by atoms with Crippen molar-refractivity contribution >= 4 is 17.6 Å². The molecular weight excluding hydrogens is 158 g/mol. The van der Waals surface area contributed by atoms with Gasteiger partial charge in [-0.2, -0.15) is 0 Å². The standard InChI is InChI=1S/C7H11N3S/c1-4-6(8)9-5(2)10-7(4)11-3/h1-3H3,(H2,8,9,10). The molecule has 1 rings (SSSR count). The van der Waals surface area contributed by atoms with Gasteiger partial charge in [-0.25, -0.2) is 9.97 Å². The van der Waals surface area contributed by atoms with Crippen LogP contribution in [0, 0.1) is 13.8 Å². The van der Waals surface area contributed by atoms with Crippen molar-refractivity contribution in [3.63, 3.8) is 0 Å². The predicted molar refractivity (Wildman–Crippen MR) is 47.7 cm³/mol. The van der Waals surface area contributed by atoms with E-state index in [-0.39, 0.29) is 0 Å². The minimum Gasteiger partial charge on any atom is -0.383 e. The van der Waals surface area contributed by atoms with E-state index in [1.54, 1.807) is 11.8 Å². The van der Waals surface area contributed by atoms with Crippen molar-refractivity contribution in [2.75, 3.05) is 12.0 Å². The third-order valence-electron chi connectivity index (χ3n) is 1.44. The molecule has 0 bridgehead atoms. The van der Waals surface area contributed by atoms with Crippen LogP contribution in [0.3, 0.4) is 0 Å². The van der Waals surface area contributed by atoms with Crippen LogP contribution in [0.2, 0.25) is 0 Å². The summed E-state index contributed by atoms with van der Waals surface area (Å²) in [6.45, 7) is 3.77. The summed E-state index contributed by atoms with van der Waals surface area (Å²) < 4.78 is 0. The molecule has 0 radical (unpaired) electrons. The number of aromatic nitrogens is 2. The van der Waals surface area contributed by atoms with Crippen LogP contribution in [0.5, 0.6) is 0 Å². The average Bonchev–Trinajstić information content (AvgIpc) is 1.96. The van der Waals surface area contributed by atoms with E-state index in [2.05, 4.69) is 9.97 Å². The summed E-state index contributed by atoms with van der Waals surface area (Å²) in [6, 6.07) is 0. The van der Waals surface area contributed by atoms with Crippen LogP contribution in [-0.2, 0) is 0 Å². The summed E-state index contributed by atoms with van der Waals surface area (Å²) in [5.41, 5.74) is 6.61. The number of rotatable bonds is 1. The van der Waals surface area contributed by atoms with Crippen LogP contribution >= 0.6 is 11.8 Å². The number of nitrogens with zero attached hydrogens (tertiary/aromatic N) is 2. The van der Waals surface area contributed by atoms with Gasteiger partial charge in [-0.15, -0.1) is 11.8 Å². The number of hydrogen-bond acceptors (Lipinski definition) is 4. The minimum atomic E-state index is 0.585. The summed E-state index contributed by atoms with van der Waals surface area (Å²) in [6.07, 6.45) is 1.98. The highest BCUT2D eigenvalue weighted by atomic mass is 32.2. The van der Waals surface area contributed by atoms with E-state index in [4.69, 9.17) is 5.73 Å². The van der Waals surface area contributed by atoms with Gasteiger partial charge < -0.3 is 5.73 Å². The lowest BCUT2D eigenvalue weighted by molar-refractivity contribution is 0.948. The topological polar surface area (TPSA) is 51.8 Å². The number of hydrogen-bond donors (Lipinski definition) is 1. The molecule has 1 aromatic rings. The normalized spacial score (nSPS) is 10.1. The van der Waals surface area contributed by atoms with Crippen molar-refractivity contribution in [3.05, 3.63) is 11.4 Å². The maximum atomic E-state index is 5.63. The zero-order valence-electron chi connectivity index (χ0n) is 6.88. The van der Waals surface area contributed by atoms with E-state index >= 15 is 0 Å². The van der Waals surface area contributed by atoms with Crippen molar-refractivity contribution in [2.24, 2.45) is 0 Å². The van der Waals surface area contributed by atoms with Crippen LogP contribution in [0.4, 0.5) is 5.82 Å². The molecule has 0 saturated carbocycles. The minimum absolute atomic E-state index is 0.585. The van der Waals surface area contributed by atoms with E-state index in [0.717, 1.165) is 16.4 Å². The molecule has 0 saturated heterocycles. The fraction of sp³-hybridized carbons (Fsp3) is 0.429. The fourth-order valence-corrected chi connectivity index (χ4v) is 1.46. The largest absolute Gasteiger partial charge is 0.383 e. The van der Waals surface area contributed by atoms with Gasteiger partial charge >= 0.3 is 0 Å². The highest BCUT2D eigenvalue weighted by Gasteiger charge is 2.03. The smallest absolute Gasteiger partial charge is 0.131 e. The first-order chi connectivity index (χ1) is 5.15. The van der Waals surface area contributed by atoms with Gasteiger partial charge in [-0.3, -0.25) is 0 Å². The summed E-state index contributed by atoms with van der Waals surface area (Å²) in [5.74, 6) is 1.32. The molecule has 0 fully saturated rings. The second-order valence-electron chi connectivity index (χ2n) is 2.29. The molecule has 4 heteroatoms. The van der Waals surface area contributed by atoms with E-state index in [1.165, 1.54) is 0 Å². The molecule has 1 heterocycles. The molecular formula is C7H11N3S. The van der Waals surface area contributed by atoms with E-state index in [1.807, 2.05) is 20.1 Å². The SMILES string of the molecule is CSc1nc(C)nc(N)c1C. The Balaban J connectivity index is 3.24. The highest BCUT2D eigenvalue weighted by molar-refractivity contribution is 7.98. The number of anilines is 1. The van der Waals surface area contributed by atoms with Crippen molar-refractivity contribution in [1.29, 1.82) is 0 Å². The molecule has 0 unspecified atom stereocenters. The Morgan fingerprint density at radius 3 is 2.45 bits per heavy atom. The van der Waals surface area contributed by atoms with E-state index in [0.29, 0.717) is 5.82 Å². The molecule has 0 aliphatic carbocycles. The van der Waals surface area contributed by atoms with Gasteiger partial charge in [-0.05, 0) is 20.1 Å². The lowest BCUT2D eigenvalue weighted by Crippen LogP contribution is -2.00. The Morgan fingerprint density at radius 1 is 1.27 bits per heavy atom. The Morgan fingerprint density at radius 2 is 1.91 bits per heavy atom. The Kier molecular flexibility index (Phi) is 2.34. The van der Waals surface area contributed by atoms with Crippen molar-refractivity contribution < 1.29 is 0 Å². The molecule has 2 N–H and O–H groups in total. The molecule has 0 aliphatic rings. The number of nitrogen functional groups attached to an aromatic ring is 1. The second kappa shape index (κ2) is 3.09. The molecule has 0 spiro atoms. The molecule has 60 valence electrons. The van der Waals surface area contributed by atoms with Gasteiger partial charge in [0.05, 0.1) is 0 Å². The first-order valence-electron chi connectivity index (χ1n) is 3.30. The average molecular weight is 169 g/mol.